The molecule has 25 heavy (non-hydrogen) atoms. The molecule has 0 saturated carbocycles. The normalized spacial score (nSPS) is 10.4. The van der Waals surface area contributed by atoms with Gasteiger partial charge in [0, 0.05) is 5.56 Å². The molecule has 0 saturated heterocycles. The molecule has 5 nitrogen and oxygen atoms in total. The van der Waals surface area contributed by atoms with E-state index in [0.29, 0.717) is 18.8 Å². The van der Waals surface area contributed by atoms with Gasteiger partial charge in [0.1, 0.15) is 18.1 Å². The third kappa shape index (κ3) is 6.14. The van der Waals surface area contributed by atoms with Gasteiger partial charge in [-0.05, 0) is 60.5 Å². The fraction of sp³-hybridized carbons (Fsp3) is 0.200. The second-order valence-corrected chi connectivity index (χ2v) is 5.24. The summed E-state index contributed by atoms with van der Waals surface area (Å²) in [5, 5.41) is 3.97. The van der Waals surface area contributed by atoms with Crippen molar-refractivity contribution in [1.29, 1.82) is 0 Å². The molecule has 0 aliphatic rings. The Morgan fingerprint density at radius 3 is 2.36 bits per heavy atom. The molecule has 0 bridgehead atoms. The van der Waals surface area contributed by atoms with Gasteiger partial charge in [-0.1, -0.05) is 19.6 Å². The van der Waals surface area contributed by atoms with Crippen LogP contribution in [0.1, 0.15) is 29.3 Å². The van der Waals surface area contributed by atoms with E-state index < -0.39 is 0 Å². The molecule has 0 atom stereocenters. The molecule has 5 heteroatoms. The summed E-state index contributed by atoms with van der Waals surface area (Å²) in [6.07, 6.45) is 4.21. The van der Waals surface area contributed by atoms with Gasteiger partial charge in [0.25, 0.3) is 5.91 Å². The van der Waals surface area contributed by atoms with E-state index in [2.05, 4.69) is 17.1 Å². The van der Waals surface area contributed by atoms with Crippen molar-refractivity contribution in [3.05, 3.63) is 72.3 Å². The van der Waals surface area contributed by atoms with Crippen LogP contribution in [0.25, 0.3) is 0 Å². The van der Waals surface area contributed by atoms with Crippen LogP contribution >= 0.6 is 0 Å². The van der Waals surface area contributed by atoms with Crippen molar-refractivity contribution in [1.82, 2.24) is 5.43 Å². The lowest BCUT2D eigenvalue weighted by molar-refractivity contribution is 0.0955. The van der Waals surface area contributed by atoms with E-state index in [9.17, 15) is 4.79 Å². The largest absolute Gasteiger partial charge is 0.494 e. The fourth-order valence-corrected chi connectivity index (χ4v) is 1.96. The number of rotatable bonds is 9. The van der Waals surface area contributed by atoms with Crippen molar-refractivity contribution in [3.63, 3.8) is 0 Å². The molecule has 0 heterocycles. The second kappa shape index (κ2) is 9.93. The lowest BCUT2D eigenvalue weighted by Crippen LogP contribution is -2.17. The molecule has 130 valence electrons. The predicted molar refractivity (Wildman–Crippen MR) is 99.4 cm³/mol. The zero-order chi connectivity index (χ0) is 17.9. The summed E-state index contributed by atoms with van der Waals surface area (Å²) in [6, 6.07) is 14.3. The van der Waals surface area contributed by atoms with Crippen LogP contribution in [0.5, 0.6) is 11.5 Å². The lowest BCUT2D eigenvalue weighted by Gasteiger charge is -2.05. The van der Waals surface area contributed by atoms with E-state index in [4.69, 9.17) is 9.47 Å². The summed E-state index contributed by atoms with van der Waals surface area (Å²) in [5.74, 6) is 1.23. The first-order chi connectivity index (χ1) is 12.2. The Kier molecular flexibility index (Phi) is 7.25. The predicted octanol–water partition coefficient (Wildman–Crippen LogP) is 3.80. The molecule has 0 radical (unpaired) electrons. The number of hydrogen-bond donors (Lipinski definition) is 1. The first-order valence-electron chi connectivity index (χ1n) is 8.13. The van der Waals surface area contributed by atoms with Crippen LogP contribution in [0, 0.1) is 0 Å². The Labute approximate surface area is 148 Å². The van der Waals surface area contributed by atoms with Crippen LogP contribution < -0.4 is 14.9 Å². The molecule has 2 aromatic rings. The van der Waals surface area contributed by atoms with Crippen molar-refractivity contribution in [2.24, 2.45) is 5.10 Å². The number of benzene rings is 2. The minimum absolute atomic E-state index is 0.274. The molecule has 1 N–H and O–H groups in total. The zero-order valence-electron chi connectivity index (χ0n) is 14.3. The molecule has 2 aromatic carbocycles. The van der Waals surface area contributed by atoms with Crippen molar-refractivity contribution in [2.45, 2.75) is 13.3 Å². The average Bonchev–Trinajstić information content (AvgIpc) is 2.66. The molecule has 0 unspecified atom stereocenters. The van der Waals surface area contributed by atoms with Gasteiger partial charge < -0.3 is 9.47 Å². The Morgan fingerprint density at radius 1 is 1.08 bits per heavy atom. The van der Waals surface area contributed by atoms with E-state index in [-0.39, 0.29) is 5.91 Å². The van der Waals surface area contributed by atoms with Crippen molar-refractivity contribution in [3.8, 4) is 11.5 Å². The van der Waals surface area contributed by atoms with Gasteiger partial charge in [-0.25, -0.2) is 5.43 Å². The third-order valence-electron chi connectivity index (χ3n) is 3.22. The number of nitrogens with zero attached hydrogens (tertiary/aromatic N) is 1. The fourth-order valence-electron chi connectivity index (χ4n) is 1.96. The molecule has 2 rings (SSSR count). The molecule has 0 fully saturated rings. The lowest BCUT2D eigenvalue weighted by atomic mass is 10.2. The van der Waals surface area contributed by atoms with Crippen LogP contribution in [0.15, 0.2) is 66.3 Å². The van der Waals surface area contributed by atoms with Gasteiger partial charge >= 0.3 is 0 Å². The molecule has 0 aliphatic carbocycles. The summed E-state index contributed by atoms with van der Waals surface area (Å²) in [5.41, 5.74) is 3.88. The Balaban J connectivity index is 1.86. The Morgan fingerprint density at radius 2 is 1.72 bits per heavy atom. The van der Waals surface area contributed by atoms with Crippen LogP contribution in [0.4, 0.5) is 0 Å². The van der Waals surface area contributed by atoms with Crippen molar-refractivity contribution in [2.75, 3.05) is 13.2 Å². The summed E-state index contributed by atoms with van der Waals surface area (Å²) in [6.45, 7) is 6.77. The highest BCUT2D eigenvalue weighted by atomic mass is 16.5. The number of hydrogen-bond acceptors (Lipinski definition) is 4. The SMILES string of the molecule is C=CCOc1ccc(/C=N\NC(=O)c2ccc(OCCC)cc2)cc1. The van der Waals surface area contributed by atoms with Gasteiger partial charge in [0.2, 0.25) is 0 Å². The van der Waals surface area contributed by atoms with E-state index in [1.165, 1.54) is 0 Å². The van der Waals surface area contributed by atoms with Gasteiger partial charge in [-0.3, -0.25) is 4.79 Å². The minimum Gasteiger partial charge on any atom is -0.494 e. The summed E-state index contributed by atoms with van der Waals surface area (Å²) in [7, 11) is 0. The van der Waals surface area contributed by atoms with Crippen LogP contribution in [0.2, 0.25) is 0 Å². The number of nitrogens with one attached hydrogen (secondary N) is 1. The molecule has 0 spiro atoms. The maximum absolute atomic E-state index is 12.0. The number of hydrazone groups is 1. The highest BCUT2D eigenvalue weighted by molar-refractivity contribution is 5.95. The Hall–Kier alpha value is -3.08. The molecular weight excluding hydrogens is 316 g/mol. The standard InChI is InChI=1S/C20H22N2O3/c1-3-13-24-18-9-5-16(6-10-18)15-21-22-20(23)17-7-11-19(12-8-17)25-14-4-2/h3,5-12,15H,1,4,13-14H2,2H3,(H,22,23)/b21-15-. The number of amides is 1. The van der Waals surface area contributed by atoms with Gasteiger partial charge in [-0.2, -0.15) is 5.10 Å². The number of carbonyl (C=O) groups excluding carboxylic acids is 1. The van der Waals surface area contributed by atoms with Crippen LogP contribution in [-0.2, 0) is 0 Å². The minimum atomic E-state index is -0.274. The van der Waals surface area contributed by atoms with Crippen LogP contribution in [0.3, 0.4) is 0 Å². The van der Waals surface area contributed by atoms with E-state index in [0.717, 1.165) is 23.5 Å². The van der Waals surface area contributed by atoms with E-state index in [1.54, 1.807) is 36.6 Å². The summed E-state index contributed by atoms with van der Waals surface area (Å²) in [4.78, 5) is 12.0. The van der Waals surface area contributed by atoms with E-state index in [1.807, 2.05) is 31.2 Å². The van der Waals surface area contributed by atoms with Gasteiger partial charge in [-0.15, -0.1) is 0 Å². The Bertz CT molecular complexity index is 707. The van der Waals surface area contributed by atoms with E-state index >= 15 is 0 Å². The maximum Gasteiger partial charge on any atom is 0.271 e. The highest BCUT2D eigenvalue weighted by Crippen LogP contribution is 2.13. The first kappa shape index (κ1) is 18.3. The monoisotopic (exact) mass is 338 g/mol. The average molecular weight is 338 g/mol. The quantitative estimate of drug-likeness (QED) is 0.430. The third-order valence-corrected chi connectivity index (χ3v) is 3.22. The van der Waals surface area contributed by atoms with Gasteiger partial charge in [0.15, 0.2) is 0 Å². The molecule has 0 aromatic heterocycles. The topological polar surface area (TPSA) is 59.9 Å². The smallest absolute Gasteiger partial charge is 0.271 e. The van der Waals surface area contributed by atoms with Crippen LogP contribution in [-0.4, -0.2) is 25.3 Å². The highest BCUT2D eigenvalue weighted by Gasteiger charge is 2.04. The molecule has 0 aliphatic heterocycles. The van der Waals surface area contributed by atoms with Crippen molar-refractivity contribution >= 4 is 12.1 Å². The van der Waals surface area contributed by atoms with Crippen molar-refractivity contribution < 1.29 is 14.3 Å². The van der Waals surface area contributed by atoms with Gasteiger partial charge in [0.05, 0.1) is 12.8 Å². The maximum atomic E-state index is 12.0. The molecule has 1 amide bonds. The summed E-state index contributed by atoms with van der Waals surface area (Å²) < 4.78 is 10.9. The number of carbonyl (C=O) groups is 1. The summed E-state index contributed by atoms with van der Waals surface area (Å²) >= 11 is 0. The second-order valence-electron chi connectivity index (χ2n) is 5.24. The zero-order valence-corrected chi connectivity index (χ0v) is 14.3. The number of ether oxygens (including phenoxy) is 2. The first-order valence-corrected chi connectivity index (χ1v) is 8.13. The molecular formula is C20H22N2O3.